The zero-order chi connectivity index (χ0) is 24.8. The first-order valence-electron chi connectivity index (χ1n) is 12.3. The monoisotopic (exact) mass is 478 g/mol. The Bertz CT molecular complexity index is 1900. The third kappa shape index (κ3) is 3.53. The van der Waals surface area contributed by atoms with Gasteiger partial charge in [0, 0.05) is 45.4 Å². The van der Waals surface area contributed by atoms with Crippen LogP contribution in [-0.4, -0.2) is 20.8 Å². The number of hydrogen-bond acceptors (Lipinski definition) is 1. The molecule has 0 fully saturated rings. The molecule has 5 heteroatoms. The smallest absolute Gasteiger partial charge is 0.230 e. The first-order chi connectivity index (χ1) is 18.3. The highest BCUT2D eigenvalue weighted by Crippen LogP contribution is 2.37. The molecule has 1 aliphatic heterocycles. The molecule has 37 heavy (non-hydrogen) atoms. The summed E-state index contributed by atoms with van der Waals surface area (Å²) in [6.07, 6.45) is 9.88. The number of amidine groups is 2. The molecule has 0 radical (unpaired) electrons. The summed E-state index contributed by atoms with van der Waals surface area (Å²) >= 11 is 0. The maximum atomic E-state index is 8.49. The SMILES string of the molecule is N=C(N=C1C=CC=C[NH2+]1)c1ccc(-n2c3ccccc3c3ccc4c(ccn4-c4ccccc4)c32)cc1. The summed E-state index contributed by atoms with van der Waals surface area (Å²) in [4.78, 5) is 4.47. The highest BCUT2D eigenvalue weighted by Gasteiger charge is 2.17. The lowest BCUT2D eigenvalue weighted by Crippen LogP contribution is -2.82. The van der Waals surface area contributed by atoms with E-state index in [4.69, 9.17) is 5.41 Å². The van der Waals surface area contributed by atoms with E-state index in [1.165, 1.54) is 27.2 Å². The van der Waals surface area contributed by atoms with Gasteiger partial charge in [-0.3, -0.25) is 10.7 Å². The number of benzene rings is 4. The van der Waals surface area contributed by atoms with Crippen molar-refractivity contribution in [3.63, 3.8) is 0 Å². The molecule has 3 N–H and O–H groups in total. The van der Waals surface area contributed by atoms with Crippen molar-refractivity contribution in [2.75, 3.05) is 0 Å². The van der Waals surface area contributed by atoms with Crippen molar-refractivity contribution in [1.82, 2.24) is 9.13 Å². The fourth-order valence-electron chi connectivity index (χ4n) is 5.22. The van der Waals surface area contributed by atoms with Gasteiger partial charge in [-0.05, 0) is 66.7 Å². The fraction of sp³-hybridized carbons (Fsp3) is 0. The lowest BCUT2D eigenvalue weighted by molar-refractivity contribution is -0.460. The van der Waals surface area contributed by atoms with E-state index in [0.717, 1.165) is 28.3 Å². The van der Waals surface area contributed by atoms with Crippen LogP contribution in [0.3, 0.4) is 0 Å². The predicted octanol–water partition coefficient (Wildman–Crippen LogP) is 6.10. The normalized spacial score (nSPS) is 14.3. The number of aliphatic imine (C=N–C) groups is 1. The molecule has 176 valence electrons. The van der Waals surface area contributed by atoms with Crippen LogP contribution in [0.25, 0.3) is 44.1 Å². The van der Waals surface area contributed by atoms with Crippen LogP contribution in [0.2, 0.25) is 0 Å². The Hall–Kier alpha value is -5.00. The summed E-state index contributed by atoms with van der Waals surface area (Å²) in [5.74, 6) is 1.03. The molecule has 4 aromatic carbocycles. The van der Waals surface area contributed by atoms with Gasteiger partial charge in [-0.1, -0.05) is 42.5 Å². The average molecular weight is 479 g/mol. The van der Waals surface area contributed by atoms with Gasteiger partial charge in [0.05, 0.1) is 22.8 Å². The van der Waals surface area contributed by atoms with Crippen molar-refractivity contribution in [1.29, 1.82) is 5.41 Å². The van der Waals surface area contributed by atoms with E-state index >= 15 is 0 Å². The lowest BCUT2D eigenvalue weighted by atomic mass is 10.1. The predicted molar refractivity (Wildman–Crippen MR) is 152 cm³/mol. The molecule has 7 rings (SSSR count). The number of nitrogens with zero attached hydrogens (tertiary/aromatic N) is 3. The van der Waals surface area contributed by atoms with Crippen molar-refractivity contribution in [3.8, 4) is 11.4 Å². The Balaban J connectivity index is 1.40. The highest BCUT2D eigenvalue weighted by molar-refractivity contribution is 6.18. The van der Waals surface area contributed by atoms with Gasteiger partial charge in [0.1, 0.15) is 0 Å². The Morgan fingerprint density at radius 3 is 2.30 bits per heavy atom. The zero-order valence-electron chi connectivity index (χ0n) is 20.0. The van der Waals surface area contributed by atoms with Crippen molar-refractivity contribution in [2.24, 2.45) is 4.99 Å². The van der Waals surface area contributed by atoms with Crippen LogP contribution >= 0.6 is 0 Å². The number of aromatic nitrogens is 2. The van der Waals surface area contributed by atoms with Gasteiger partial charge in [0.2, 0.25) is 5.84 Å². The second kappa shape index (κ2) is 8.59. The number of rotatable bonds is 3. The van der Waals surface area contributed by atoms with Crippen LogP contribution < -0.4 is 5.32 Å². The number of para-hydroxylation sites is 2. The Kier molecular flexibility index (Phi) is 4.94. The second-order valence-corrected chi connectivity index (χ2v) is 9.11. The Morgan fingerprint density at radius 2 is 1.49 bits per heavy atom. The van der Waals surface area contributed by atoms with Gasteiger partial charge < -0.3 is 9.13 Å². The largest absolute Gasteiger partial charge is 0.316 e. The molecule has 0 amide bonds. The summed E-state index contributed by atoms with van der Waals surface area (Å²) in [7, 11) is 0. The minimum Gasteiger partial charge on any atom is -0.316 e. The van der Waals surface area contributed by atoms with Crippen molar-refractivity contribution in [3.05, 3.63) is 133 Å². The second-order valence-electron chi connectivity index (χ2n) is 9.11. The standard InChI is InChI=1S/C32H23N5/c33-32(35-30-12-6-7-20-34-30)22-13-15-24(16-14-22)37-29-11-5-4-10-25(29)26-17-18-28-27(31(26)37)19-21-36(28)23-8-2-1-3-9-23/h1-21H,(H2,33,34,35)/p+1. The molecule has 0 unspecified atom stereocenters. The van der Waals surface area contributed by atoms with E-state index < -0.39 is 0 Å². The molecule has 0 spiro atoms. The van der Waals surface area contributed by atoms with E-state index in [-0.39, 0.29) is 5.84 Å². The molecule has 6 aromatic rings. The van der Waals surface area contributed by atoms with Crippen LogP contribution in [0.1, 0.15) is 5.56 Å². The minimum absolute atomic E-state index is 0.252. The topological polar surface area (TPSA) is 62.7 Å². The zero-order valence-corrected chi connectivity index (χ0v) is 20.0. The average Bonchev–Trinajstić information content (AvgIpc) is 3.54. The molecular formula is C32H24N5+. The maximum Gasteiger partial charge on any atom is 0.230 e. The lowest BCUT2D eigenvalue weighted by Gasteiger charge is -2.10. The van der Waals surface area contributed by atoms with Crippen LogP contribution in [0.15, 0.2) is 133 Å². The van der Waals surface area contributed by atoms with E-state index in [0.29, 0.717) is 0 Å². The molecule has 2 aromatic heterocycles. The molecule has 5 nitrogen and oxygen atoms in total. The van der Waals surface area contributed by atoms with E-state index in [1.54, 1.807) is 0 Å². The summed E-state index contributed by atoms with van der Waals surface area (Å²) < 4.78 is 4.58. The van der Waals surface area contributed by atoms with Crippen LogP contribution in [-0.2, 0) is 0 Å². The van der Waals surface area contributed by atoms with Gasteiger partial charge in [0.25, 0.3) is 0 Å². The molecule has 0 aliphatic carbocycles. The van der Waals surface area contributed by atoms with Crippen LogP contribution in [0, 0.1) is 5.41 Å². The molecule has 0 saturated heterocycles. The Labute approximate surface area is 213 Å². The van der Waals surface area contributed by atoms with E-state index in [1.807, 2.05) is 47.9 Å². The highest BCUT2D eigenvalue weighted by atomic mass is 15.0. The maximum absolute atomic E-state index is 8.49. The van der Waals surface area contributed by atoms with Gasteiger partial charge in [0.15, 0.2) is 5.84 Å². The third-order valence-corrected chi connectivity index (χ3v) is 6.93. The summed E-state index contributed by atoms with van der Waals surface area (Å²) in [5.41, 5.74) is 6.50. The van der Waals surface area contributed by atoms with E-state index in [9.17, 15) is 0 Å². The Morgan fingerprint density at radius 1 is 0.676 bits per heavy atom. The van der Waals surface area contributed by atoms with Gasteiger partial charge in [-0.2, -0.15) is 4.99 Å². The molecule has 1 aliphatic rings. The number of quaternary nitrogens is 1. The van der Waals surface area contributed by atoms with Crippen LogP contribution in [0.5, 0.6) is 0 Å². The van der Waals surface area contributed by atoms with Crippen LogP contribution in [0.4, 0.5) is 0 Å². The molecule has 0 bridgehead atoms. The quantitative estimate of drug-likeness (QED) is 0.228. The fourth-order valence-corrected chi connectivity index (χ4v) is 5.22. The molecule has 0 saturated carbocycles. The molecule has 0 atom stereocenters. The number of hydrogen-bond donors (Lipinski definition) is 2. The first kappa shape index (κ1) is 21.3. The number of nitrogens with one attached hydrogen (secondary N) is 1. The third-order valence-electron chi connectivity index (χ3n) is 6.93. The van der Waals surface area contributed by atoms with Crippen molar-refractivity contribution >= 4 is 44.4 Å². The summed E-state index contributed by atoms with van der Waals surface area (Å²) in [6, 6.07) is 33.8. The number of fused-ring (bicyclic) bond motifs is 5. The minimum atomic E-state index is 0.252. The molecular weight excluding hydrogens is 454 g/mol. The molecule has 3 heterocycles. The van der Waals surface area contributed by atoms with Crippen molar-refractivity contribution in [2.45, 2.75) is 0 Å². The first-order valence-corrected chi connectivity index (χ1v) is 12.3. The van der Waals surface area contributed by atoms with Gasteiger partial charge in [-0.25, -0.2) is 0 Å². The van der Waals surface area contributed by atoms with Gasteiger partial charge >= 0.3 is 0 Å². The van der Waals surface area contributed by atoms with Crippen molar-refractivity contribution < 1.29 is 5.32 Å². The summed E-state index contributed by atoms with van der Waals surface area (Å²) in [5, 5.41) is 14.1. The number of allylic oxidation sites excluding steroid dienone is 2. The van der Waals surface area contributed by atoms with E-state index in [2.05, 4.69) is 99.2 Å². The van der Waals surface area contributed by atoms with Gasteiger partial charge in [-0.15, -0.1) is 0 Å². The summed E-state index contributed by atoms with van der Waals surface area (Å²) in [6.45, 7) is 0. The number of nitrogens with two attached hydrogens (primary N) is 1.